The number of piperazine rings is 1. The molecule has 5 fully saturated rings. The van der Waals surface area contributed by atoms with Gasteiger partial charge < -0.3 is 44.2 Å². The number of aromatic amines is 1. The van der Waals surface area contributed by atoms with Crippen LogP contribution < -0.4 is 34.0 Å². The van der Waals surface area contributed by atoms with Crippen LogP contribution in [0.5, 0.6) is 17.5 Å². The van der Waals surface area contributed by atoms with Crippen molar-refractivity contribution in [2.24, 2.45) is 11.3 Å². The number of ether oxygens (including phenoxy) is 4. The molecule has 21 heteroatoms. The number of nitro benzene ring substituents is 1. The molecule has 0 unspecified atom stereocenters. The number of hydrogen-bond acceptors (Lipinski definition) is 17. The Hall–Kier alpha value is -7.04. The van der Waals surface area contributed by atoms with E-state index in [1.165, 1.54) is 17.7 Å². The van der Waals surface area contributed by atoms with Crippen LogP contribution in [-0.2, 0) is 21.3 Å². The second-order valence-electron chi connectivity index (χ2n) is 24.0. The number of carbonyl (C=O) groups is 1. The van der Waals surface area contributed by atoms with Crippen LogP contribution >= 0.6 is 0 Å². The Morgan fingerprint density at radius 1 is 0.963 bits per heavy atom. The first-order valence-electron chi connectivity index (χ1n) is 29.0. The largest absolute Gasteiger partial charge is 0.491 e. The zero-order valence-electron chi connectivity index (χ0n) is 47.1. The van der Waals surface area contributed by atoms with Crippen molar-refractivity contribution in [3.8, 4) is 17.5 Å². The summed E-state index contributed by atoms with van der Waals surface area (Å²) in [5, 5.41) is 26.9. The summed E-state index contributed by atoms with van der Waals surface area (Å²) in [6.07, 6.45) is 10.8. The number of nitrogens with one attached hydrogen (secondary N) is 3. The van der Waals surface area contributed by atoms with Gasteiger partial charge in [0.1, 0.15) is 28.9 Å². The lowest BCUT2D eigenvalue weighted by Crippen LogP contribution is -2.59. The molecular weight excluding hydrogens is 1060 g/mol. The lowest BCUT2D eigenvalue weighted by Gasteiger charge is -2.58. The first-order chi connectivity index (χ1) is 39.5. The lowest BCUT2D eigenvalue weighted by atomic mass is 9.59. The van der Waals surface area contributed by atoms with Crippen molar-refractivity contribution in [3.05, 3.63) is 124 Å². The number of carbonyl (C=O) groups excluding carboxylic acids is 1. The quantitative estimate of drug-likeness (QED) is 0.0523. The van der Waals surface area contributed by atoms with E-state index in [0.29, 0.717) is 67.2 Å². The van der Waals surface area contributed by atoms with Gasteiger partial charge >= 0.3 is 0 Å². The molecule has 4 aliphatic heterocycles. The number of aromatic nitrogens is 3. The van der Waals surface area contributed by atoms with E-state index in [2.05, 4.69) is 83.8 Å². The van der Waals surface area contributed by atoms with Gasteiger partial charge in [-0.2, -0.15) is 4.98 Å². The normalized spacial score (nSPS) is 24.1. The van der Waals surface area contributed by atoms with Crippen molar-refractivity contribution < 1.29 is 42.2 Å². The van der Waals surface area contributed by atoms with Crippen LogP contribution in [0.25, 0.3) is 11.0 Å². The molecule has 0 radical (unpaired) electrons. The summed E-state index contributed by atoms with van der Waals surface area (Å²) in [4.78, 5) is 48.5. The number of methoxy groups -OCH3 is 1. The highest BCUT2D eigenvalue weighted by molar-refractivity contribution is 7.90. The van der Waals surface area contributed by atoms with E-state index in [0.717, 1.165) is 106 Å². The van der Waals surface area contributed by atoms with Crippen molar-refractivity contribution in [1.82, 2.24) is 29.5 Å². The first-order valence-corrected chi connectivity index (χ1v) is 30.4. The summed E-state index contributed by atoms with van der Waals surface area (Å²) in [7, 11) is -3.01. The Labute approximate surface area is 478 Å². The van der Waals surface area contributed by atoms with E-state index >= 15 is 0 Å². The summed E-state index contributed by atoms with van der Waals surface area (Å²) in [6.45, 7) is 12.2. The van der Waals surface area contributed by atoms with Gasteiger partial charge in [-0.05, 0) is 144 Å². The minimum absolute atomic E-state index is 0.0391. The molecule has 82 heavy (non-hydrogen) atoms. The topological polar surface area (TPSA) is 230 Å². The summed E-state index contributed by atoms with van der Waals surface area (Å²) in [5.41, 5.74) is 4.31. The van der Waals surface area contributed by atoms with Crippen molar-refractivity contribution in [1.29, 1.82) is 0 Å². The highest BCUT2D eigenvalue weighted by Crippen LogP contribution is 2.54. The molecule has 20 nitrogen and oxygen atoms in total. The van der Waals surface area contributed by atoms with Gasteiger partial charge in [-0.1, -0.05) is 24.3 Å². The van der Waals surface area contributed by atoms with Gasteiger partial charge in [0.25, 0.3) is 21.6 Å². The predicted molar refractivity (Wildman–Crippen MR) is 312 cm³/mol. The number of para-hydroxylation sites is 1. The van der Waals surface area contributed by atoms with Gasteiger partial charge in [-0.3, -0.25) is 24.7 Å². The zero-order chi connectivity index (χ0) is 56.9. The summed E-state index contributed by atoms with van der Waals surface area (Å²) in [6, 6.07) is 25.9. The molecule has 3 saturated heterocycles. The molecular formula is C61H74N10O10S. The maximum absolute atomic E-state index is 14.8. The SMILES string of the molecule is COc1ccc(CN2CCN(C3CC4(CCN(c5ccc(C(=O)NS(=O)(=O)c6ccc(NC[C@H]7CC[C@](C)(O)CC7)c([N+](=O)[O-])c6)c(N6c7cc8cc[nH]c8nc7O[C@H]7COCC[C@@H]76)c5)CC4)C3)[C@@H](c3ccccc3OC(C)C)C2)cn1. The number of sulfonamides is 1. The van der Waals surface area contributed by atoms with Crippen LogP contribution in [-0.4, -0.2) is 139 Å². The molecule has 4 N–H and O–H groups in total. The van der Waals surface area contributed by atoms with E-state index < -0.39 is 43.1 Å². The van der Waals surface area contributed by atoms with Crippen molar-refractivity contribution >= 4 is 55.4 Å². The molecule has 434 valence electrons. The molecule has 6 aliphatic rings. The zero-order valence-corrected chi connectivity index (χ0v) is 47.9. The van der Waals surface area contributed by atoms with Gasteiger partial charge in [-0.25, -0.2) is 18.1 Å². The fourth-order valence-corrected chi connectivity index (χ4v) is 14.6. The Kier molecular flexibility index (Phi) is 15.3. The van der Waals surface area contributed by atoms with Gasteiger partial charge in [0.05, 0.1) is 58.6 Å². The van der Waals surface area contributed by atoms with Crippen molar-refractivity contribution in [2.45, 2.75) is 126 Å². The minimum atomic E-state index is -4.65. The average molecular weight is 1140 g/mol. The lowest BCUT2D eigenvalue weighted by molar-refractivity contribution is -0.384. The molecule has 2 aliphatic carbocycles. The Morgan fingerprint density at radius 3 is 2.52 bits per heavy atom. The Bertz CT molecular complexity index is 3420. The number of benzene rings is 3. The highest BCUT2D eigenvalue weighted by atomic mass is 32.2. The van der Waals surface area contributed by atoms with Crippen LogP contribution in [0.15, 0.2) is 102 Å². The molecule has 12 rings (SSSR count). The van der Waals surface area contributed by atoms with Gasteiger partial charge in [0.15, 0.2) is 0 Å². The fraction of sp³-hybridized carbons (Fsp3) is 0.492. The van der Waals surface area contributed by atoms with Crippen LogP contribution in [0.3, 0.4) is 0 Å². The molecule has 2 saturated carbocycles. The molecule has 3 aromatic carbocycles. The number of pyridine rings is 2. The molecule has 0 bridgehead atoms. The fourth-order valence-electron chi connectivity index (χ4n) is 13.6. The number of piperidine rings is 1. The highest BCUT2D eigenvalue weighted by Gasteiger charge is 2.51. The number of H-pyrrole nitrogens is 1. The number of nitro groups is 1. The maximum atomic E-state index is 14.8. The molecule has 3 atom stereocenters. The van der Waals surface area contributed by atoms with E-state index in [1.807, 2.05) is 43.5 Å². The van der Waals surface area contributed by atoms with Gasteiger partial charge in [-0.15, -0.1) is 0 Å². The second kappa shape index (κ2) is 22.6. The number of nitrogens with zero attached hydrogens (tertiary/aromatic N) is 7. The van der Waals surface area contributed by atoms with E-state index in [9.17, 15) is 28.4 Å². The van der Waals surface area contributed by atoms with Gasteiger partial charge in [0.2, 0.25) is 11.8 Å². The number of hydrogen-bond donors (Lipinski definition) is 4. The van der Waals surface area contributed by atoms with Crippen LogP contribution in [0.2, 0.25) is 0 Å². The van der Waals surface area contributed by atoms with Crippen LogP contribution in [0.1, 0.15) is 106 Å². The average Bonchev–Trinajstić information content (AvgIpc) is 2.79. The van der Waals surface area contributed by atoms with E-state index in [1.54, 1.807) is 19.4 Å². The van der Waals surface area contributed by atoms with Crippen LogP contribution in [0.4, 0.5) is 28.4 Å². The first kappa shape index (κ1) is 55.5. The summed E-state index contributed by atoms with van der Waals surface area (Å²) in [5.74, 6) is 1.19. The van der Waals surface area contributed by atoms with E-state index in [4.69, 9.17) is 23.9 Å². The van der Waals surface area contributed by atoms with E-state index in [-0.39, 0.29) is 47.4 Å². The predicted octanol–water partition coefficient (Wildman–Crippen LogP) is 9.13. The third kappa shape index (κ3) is 11.4. The number of fused-ring (bicyclic) bond motifs is 3. The van der Waals surface area contributed by atoms with Crippen LogP contribution in [0, 0.1) is 21.4 Å². The van der Waals surface area contributed by atoms with Gasteiger partial charge in [0, 0.05) is 99.6 Å². The molecule has 7 heterocycles. The molecule has 3 aromatic heterocycles. The number of anilines is 4. The number of rotatable bonds is 16. The standard InChI is InChI=1S/C61H74N10O10S/c1-39(2)80-54-8-6-5-7-46(54)53-37-67(36-41-9-14-56(78-4)64-35-41)26-27-69(53)44-32-61(33-44)21-24-68(25-22-61)43-10-12-47(50(30-43)70-49-18-28-79-38-55(49)81-59-52(70)29-42-17-23-62-57(42)65-59)58(72)66-82(76,77)45-11-13-48(51(31-45)71(74)75)63-34-40-15-19-60(3,73)20-16-40/h5-14,17,23,29-31,35,39-40,44,49,53,55,63,73H,15-16,18-22,24-28,32-34,36-38H2,1-4H3,(H,62,65)(H,66,72)/t40-,49-,53+,55-,60-/m0/s1. The third-order valence-corrected chi connectivity index (χ3v) is 19.4. The molecule has 6 aromatic rings. The number of aliphatic hydroxyl groups is 1. The maximum Gasteiger partial charge on any atom is 0.293 e. The molecule has 1 amide bonds. The molecule has 1 spiro atoms. The summed E-state index contributed by atoms with van der Waals surface area (Å²) < 4.78 is 55.1. The second-order valence-corrected chi connectivity index (χ2v) is 25.7. The summed E-state index contributed by atoms with van der Waals surface area (Å²) >= 11 is 0. The Balaban J connectivity index is 0.798. The van der Waals surface area contributed by atoms with Crippen molar-refractivity contribution in [3.63, 3.8) is 0 Å². The third-order valence-electron chi connectivity index (χ3n) is 18.1. The smallest absolute Gasteiger partial charge is 0.293 e. The minimum Gasteiger partial charge on any atom is -0.491 e. The monoisotopic (exact) mass is 1140 g/mol. The van der Waals surface area contributed by atoms with Crippen molar-refractivity contribution in [2.75, 3.05) is 74.7 Å². The Morgan fingerprint density at radius 2 is 1.77 bits per heavy atom. The number of amides is 1.